The maximum atomic E-state index is 13.2. The van der Waals surface area contributed by atoms with E-state index >= 15 is 0 Å². The third-order valence-corrected chi connectivity index (χ3v) is 4.17. The highest BCUT2D eigenvalue weighted by atomic mass is 79.9. The first-order valence-corrected chi connectivity index (χ1v) is 7.77. The first-order valence-electron chi connectivity index (χ1n) is 5.85. The predicted octanol–water partition coefficient (Wildman–Crippen LogP) is 5.15. The van der Waals surface area contributed by atoms with Gasteiger partial charge in [-0.3, -0.25) is 4.79 Å². The SMILES string of the molecule is NC(=O)C(Oc1c(Cl)cc(Cl)cc1Cl)c1ccc(F)cc1Br. The zero-order valence-electron chi connectivity index (χ0n) is 10.7. The lowest BCUT2D eigenvalue weighted by atomic mass is 10.1. The summed E-state index contributed by atoms with van der Waals surface area (Å²) in [5.74, 6) is -1.19. The average molecular weight is 427 g/mol. The highest BCUT2D eigenvalue weighted by Gasteiger charge is 2.25. The van der Waals surface area contributed by atoms with Gasteiger partial charge in [-0.25, -0.2) is 4.39 Å². The Bertz CT molecular complexity index is 719. The van der Waals surface area contributed by atoms with Gasteiger partial charge in [0.25, 0.3) is 5.91 Å². The third-order valence-electron chi connectivity index (χ3n) is 2.70. The summed E-state index contributed by atoms with van der Waals surface area (Å²) in [5, 5.41) is 0.574. The molecule has 1 unspecified atom stereocenters. The van der Waals surface area contributed by atoms with E-state index in [9.17, 15) is 9.18 Å². The molecule has 22 heavy (non-hydrogen) atoms. The number of primary amides is 1. The molecule has 0 spiro atoms. The maximum absolute atomic E-state index is 13.2. The highest BCUT2D eigenvalue weighted by Crippen LogP contribution is 2.39. The number of hydrogen-bond acceptors (Lipinski definition) is 2. The summed E-state index contributed by atoms with van der Waals surface area (Å²) in [7, 11) is 0. The smallest absolute Gasteiger partial charge is 0.263 e. The molecule has 0 saturated carbocycles. The van der Waals surface area contributed by atoms with E-state index in [0.29, 0.717) is 15.1 Å². The molecular weight excluding hydrogens is 419 g/mol. The van der Waals surface area contributed by atoms with Crippen molar-refractivity contribution in [1.29, 1.82) is 0 Å². The van der Waals surface area contributed by atoms with Crippen molar-refractivity contribution < 1.29 is 13.9 Å². The zero-order chi connectivity index (χ0) is 16.4. The molecule has 1 amide bonds. The van der Waals surface area contributed by atoms with Crippen LogP contribution in [0.5, 0.6) is 5.75 Å². The lowest BCUT2D eigenvalue weighted by molar-refractivity contribution is -0.125. The Morgan fingerprint density at radius 1 is 1.18 bits per heavy atom. The number of amides is 1. The number of ether oxygens (including phenoxy) is 1. The number of carbonyl (C=O) groups is 1. The largest absolute Gasteiger partial charge is 0.473 e. The Kier molecular flexibility index (Phi) is 5.55. The minimum Gasteiger partial charge on any atom is -0.473 e. The van der Waals surface area contributed by atoms with Gasteiger partial charge in [-0.2, -0.15) is 0 Å². The summed E-state index contributed by atoms with van der Waals surface area (Å²) in [5.41, 5.74) is 5.71. The second-order valence-corrected chi connectivity index (χ2v) is 6.37. The van der Waals surface area contributed by atoms with Gasteiger partial charge in [0.2, 0.25) is 6.10 Å². The van der Waals surface area contributed by atoms with Crippen LogP contribution in [-0.4, -0.2) is 5.91 Å². The highest BCUT2D eigenvalue weighted by molar-refractivity contribution is 9.10. The van der Waals surface area contributed by atoms with Crippen LogP contribution in [0.3, 0.4) is 0 Å². The Hall–Kier alpha value is -1.01. The molecule has 0 aromatic heterocycles. The Morgan fingerprint density at radius 2 is 1.77 bits per heavy atom. The Morgan fingerprint density at radius 3 is 2.27 bits per heavy atom. The van der Waals surface area contributed by atoms with E-state index in [1.807, 2.05) is 0 Å². The van der Waals surface area contributed by atoms with Gasteiger partial charge in [0, 0.05) is 15.1 Å². The molecule has 0 aliphatic rings. The van der Waals surface area contributed by atoms with Crippen molar-refractivity contribution in [3.63, 3.8) is 0 Å². The normalized spacial score (nSPS) is 12.0. The van der Waals surface area contributed by atoms with Crippen molar-refractivity contribution in [3.05, 3.63) is 61.3 Å². The Labute approximate surface area is 149 Å². The lowest BCUT2D eigenvalue weighted by Gasteiger charge is -2.19. The molecular formula is C14H8BrCl3FNO2. The summed E-state index contributed by atoms with van der Waals surface area (Å²) in [6, 6.07) is 6.60. The number of benzene rings is 2. The average Bonchev–Trinajstić information content (AvgIpc) is 2.38. The summed E-state index contributed by atoms with van der Waals surface area (Å²) in [6.45, 7) is 0. The van der Waals surface area contributed by atoms with E-state index in [0.717, 1.165) is 0 Å². The van der Waals surface area contributed by atoms with Gasteiger partial charge in [0.1, 0.15) is 5.82 Å². The van der Waals surface area contributed by atoms with E-state index in [1.165, 1.54) is 30.3 Å². The minimum absolute atomic E-state index is 0.0627. The van der Waals surface area contributed by atoms with E-state index in [1.54, 1.807) is 0 Å². The van der Waals surface area contributed by atoms with Crippen LogP contribution in [0.1, 0.15) is 11.7 Å². The molecule has 0 aliphatic heterocycles. The number of halogens is 5. The van der Waals surface area contributed by atoms with E-state index in [-0.39, 0.29) is 15.8 Å². The first kappa shape index (κ1) is 17.3. The van der Waals surface area contributed by atoms with Crippen LogP contribution in [0.25, 0.3) is 0 Å². The van der Waals surface area contributed by atoms with Gasteiger partial charge in [0.15, 0.2) is 5.75 Å². The lowest BCUT2D eigenvalue weighted by Crippen LogP contribution is -2.26. The molecule has 0 heterocycles. The fourth-order valence-electron chi connectivity index (χ4n) is 1.75. The van der Waals surface area contributed by atoms with Crippen LogP contribution < -0.4 is 10.5 Å². The quantitative estimate of drug-likeness (QED) is 0.733. The number of hydrogen-bond donors (Lipinski definition) is 1. The van der Waals surface area contributed by atoms with Crippen molar-refractivity contribution >= 4 is 56.6 Å². The molecule has 0 fully saturated rings. The van der Waals surface area contributed by atoms with Crippen LogP contribution >= 0.6 is 50.7 Å². The molecule has 0 saturated heterocycles. The van der Waals surface area contributed by atoms with Crippen LogP contribution in [0.15, 0.2) is 34.8 Å². The monoisotopic (exact) mass is 425 g/mol. The number of carbonyl (C=O) groups excluding carboxylic acids is 1. The Balaban J connectivity index is 2.45. The van der Waals surface area contributed by atoms with Crippen molar-refractivity contribution in [1.82, 2.24) is 0 Å². The third kappa shape index (κ3) is 3.84. The van der Waals surface area contributed by atoms with E-state index in [4.69, 9.17) is 45.3 Å². The predicted molar refractivity (Wildman–Crippen MR) is 88.1 cm³/mol. The standard InChI is InChI=1S/C14H8BrCl3FNO2/c15-9-5-7(19)1-2-8(9)12(14(20)21)22-13-10(17)3-6(16)4-11(13)18/h1-5,12H,(H2,20,21). The minimum atomic E-state index is -1.20. The van der Waals surface area contributed by atoms with Crippen molar-refractivity contribution in [2.75, 3.05) is 0 Å². The molecule has 3 nitrogen and oxygen atoms in total. The molecule has 2 rings (SSSR count). The molecule has 2 N–H and O–H groups in total. The molecule has 0 bridgehead atoms. The van der Waals surface area contributed by atoms with Crippen LogP contribution in [0.2, 0.25) is 15.1 Å². The van der Waals surface area contributed by atoms with Crippen molar-refractivity contribution in [2.45, 2.75) is 6.10 Å². The molecule has 2 aromatic rings. The second kappa shape index (κ2) is 7.04. The zero-order valence-corrected chi connectivity index (χ0v) is 14.6. The van der Waals surface area contributed by atoms with Crippen LogP contribution in [0.4, 0.5) is 4.39 Å². The van der Waals surface area contributed by atoms with Gasteiger partial charge in [-0.1, -0.05) is 56.8 Å². The van der Waals surface area contributed by atoms with Gasteiger partial charge in [-0.15, -0.1) is 0 Å². The maximum Gasteiger partial charge on any atom is 0.263 e. The first-order chi connectivity index (χ1) is 10.3. The molecule has 0 aliphatic carbocycles. The summed E-state index contributed by atoms with van der Waals surface area (Å²) >= 11 is 21.0. The summed E-state index contributed by atoms with van der Waals surface area (Å²) < 4.78 is 19.0. The fourth-order valence-corrected chi connectivity index (χ4v) is 3.21. The summed E-state index contributed by atoms with van der Waals surface area (Å²) in [4.78, 5) is 11.7. The van der Waals surface area contributed by atoms with Crippen LogP contribution in [-0.2, 0) is 4.79 Å². The number of nitrogens with two attached hydrogens (primary N) is 1. The van der Waals surface area contributed by atoms with Gasteiger partial charge < -0.3 is 10.5 Å². The van der Waals surface area contributed by atoms with Gasteiger partial charge in [-0.05, 0) is 24.3 Å². The summed E-state index contributed by atoms with van der Waals surface area (Å²) in [6.07, 6.45) is -1.20. The van der Waals surface area contributed by atoms with Gasteiger partial charge in [0.05, 0.1) is 10.0 Å². The number of rotatable bonds is 4. The second-order valence-electron chi connectivity index (χ2n) is 4.26. The van der Waals surface area contributed by atoms with E-state index in [2.05, 4.69) is 15.9 Å². The molecule has 116 valence electrons. The van der Waals surface area contributed by atoms with Crippen LogP contribution in [0, 0.1) is 5.82 Å². The van der Waals surface area contributed by atoms with Crippen molar-refractivity contribution in [3.8, 4) is 5.75 Å². The molecule has 1 atom stereocenters. The van der Waals surface area contributed by atoms with Crippen molar-refractivity contribution in [2.24, 2.45) is 5.73 Å². The molecule has 8 heteroatoms. The topological polar surface area (TPSA) is 52.3 Å². The van der Waals surface area contributed by atoms with Gasteiger partial charge >= 0.3 is 0 Å². The van der Waals surface area contributed by atoms with E-state index < -0.39 is 17.8 Å². The molecule has 2 aromatic carbocycles. The molecule has 0 radical (unpaired) electrons. The fraction of sp³-hybridized carbons (Fsp3) is 0.0714.